The van der Waals surface area contributed by atoms with E-state index in [0.29, 0.717) is 12.2 Å². The maximum Gasteiger partial charge on any atom is 0.523 e. The summed E-state index contributed by atoms with van der Waals surface area (Å²) in [5.41, 5.74) is -4.80. The zero-order valence-corrected chi connectivity index (χ0v) is 11.6. The molecule has 0 saturated heterocycles. The van der Waals surface area contributed by atoms with Crippen LogP contribution < -0.4 is 4.74 Å². The van der Waals surface area contributed by atoms with Gasteiger partial charge in [0.25, 0.3) is 0 Å². The summed E-state index contributed by atoms with van der Waals surface area (Å²) in [7, 11) is -5.60. The van der Waals surface area contributed by atoms with Gasteiger partial charge in [0.1, 0.15) is 11.4 Å². The minimum atomic E-state index is -5.60. The summed E-state index contributed by atoms with van der Waals surface area (Å²) in [6.45, 7) is 2.97. The summed E-state index contributed by atoms with van der Waals surface area (Å²) in [5.74, 6) is 0.398. The third kappa shape index (κ3) is 2.90. The number of rotatable bonds is 3. The third-order valence-electron chi connectivity index (χ3n) is 2.83. The first-order valence-corrected chi connectivity index (χ1v) is 7.18. The number of hydrogen-bond acceptors (Lipinski definition) is 4. The van der Waals surface area contributed by atoms with Gasteiger partial charge in [-0.15, -0.1) is 0 Å². The SMILES string of the molecule is CC1(C)Cc2cccc(COS(=O)(=O)C(F)(F)F)c2O1. The van der Waals surface area contributed by atoms with E-state index in [1.807, 2.05) is 13.8 Å². The molecule has 0 spiro atoms. The lowest BCUT2D eigenvalue weighted by Gasteiger charge is -2.18. The van der Waals surface area contributed by atoms with Gasteiger partial charge in [-0.1, -0.05) is 18.2 Å². The summed E-state index contributed by atoms with van der Waals surface area (Å²) in [6, 6.07) is 4.89. The first kappa shape index (κ1) is 15.1. The molecule has 0 saturated carbocycles. The summed E-state index contributed by atoms with van der Waals surface area (Å²) in [4.78, 5) is 0. The molecule has 1 aromatic carbocycles. The maximum atomic E-state index is 12.2. The van der Waals surface area contributed by atoms with Crippen molar-refractivity contribution >= 4 is 10.1 Å². The Balaban J connectivity index is 2.20. The molecular weight excluding hydrogens is 297 g/mol. The molecule has 0 unspecified atom stereocenters. The van der Waals surface area contributed by atoms with Gasteiger partial charge in [-0.2, -0.15) is 21.6 Å². The van der Waals surface area contributed by atoms with E-state index >= 15 is 0 Å². The predicted molar refractivity (Wildman–Crippen MR) is 64.6 cm³/mol. The zero-order chi connectivity index (χ0) is 15.2. The van der Waals surface area contributed by atoms with Crippen molar-refractivity contribution < 1.29 is 30.5 Å². The normalized spacial score (nSPS) is 17.6. The van der Waals surface area contributed by atoms with E-state index < -0.39 is 27.8 Å². The smallest absolute Gasteiger partial charge is 0.487 e. The first-order chi connectivity index (χ1) is 9.02. The van der Waals surface area contributed by atoms with Gasteiger partial charge in [0, 0.05) is 12.0 Å². The van der Waals surface area contributed by atoms with Crippen LogP contribution in [0.1, 0.15) is 25.0 Å². The Morgan fingerprint density at radius 1 is 1.35 bits per heavy atom. The van der Waals surface area contributed by atoms with Crippen LogP contribution in [-0.4, -0.2) is 19.5 Å². The van der Waals surface area contributed by atoms with Gasteiger partial charge in [0.2, 0.25) is 0 Å². The number of alkyl halides is 3. The molecule has 0 N–H and O–H groups in total. The number of ether oxygens (including phenoxy) is 1. The highest BCUT2D eigenvalue weighted by atomic mass is 32.2. The number of para-hydroxylation sites is 1. The third-order valence-corrected chi connectivity index (χ3v) is 3.82. The molecule has 2 rings (SSSR count). The van der Waals surface area contributed by atoms with Crippen molar-refractivity contribution in [1.29, 1.82) is 0 Å². The van der Waals surface area contributed by atoms with Gasteiger partial charge in [-0.3, -0.25) is 4.18 Å². The van der Waals surface area contributed by atoms with Gasteiger partial charge >= 0.3 is 15.6 Å². The average Bonchev–Trinajstić information content (AvgIpc) is 2.59. The Labute approximate surface area is 114 Å². The molecule has 0 bridgehead atoms. The molecule has 0 fully saturated rings. The quantitative estimate of drug-likeness (QED) is 0.636. The van der Waals surface area contributed by atoms with Crippen LogP contribution in [0.4, 0.5) is 13.2 Å². The van der Waals surface area contributed by atoms with Crippen LogP contribution in [0.25, 0.3) is 0 Å². The van der Waals surface area contributed by atoms with Crippen molar-refractivity contribution in [1.82, 2.24) is 0 Å². The fourth-order valence-corrected chi connectivity index (χ4v) is 2.42. The van der Waals surface area contributed by atoms with Crippen LogP contribution in [0.2, 0.25) is 0 Å². The molecule has 1 heterocycles. The number of halogens is 3. The van der Waals surface area contributed by atoms with Gasteiger partial charge in [-0.05, 0) is 19.4 Å². The van der Waals surface area contributed by atoms with Crippen LogP contribution in [0.5, 0.6) is 5.75 Å². The Hall–Kier alpha value is -1.28. The average molecular weight is 310 g/mol. The van der Waals surface area contributed by atoms with Crippen LogP contribution in [0.3, 0.4) is 0 Å². The molecule has 0 aromatic heterocycles. The van der Waals surface area contributed by atoms with E-state index in [2.05, 4.69) is 4.18 Å². The molecule has 1 aliphatic heterocycles. The molecular formula is C12H13F3O4S. The monoisotopic (exact) mass is 310 g/mol. The van der Waals surface area contributed by atoms with Gasteiger partial charge in [0.15, 0.2) is 0 Å². The van der Waals surface area contributed by atoms with Crippen molar-refractivity contribution in [3.8, 4) is 5.75 Å². The van der Waals surface area contributed by atoms with E-state index in [0.717, 1.165) is 5.56 Å². The maximum absolute atomic E-state index is 12.2. The Bertz CT molecular complexity index is 620. The summed E-state index contributed by atoms with van der Waals surface area (Å²) in [5, 5.41) is 0. The highest BCUT2D eigenvalue weighted by Gasteiger charge is 2.47. The van der Waals surface area contributed by atoms with Crippen LogP contribution in [-0.2, 0) is 27.3 Å². The highest BCUT2D eigenvalue weighted by molar-refractivity contribution is 7.87. The second kappa shape index (κ2) is 4.63. The molecule has 1 aromatic rings. The van der Waals surface area contributed by atoms with Crippen LogP contribution in [0.15, 0.2) is 18.2 Å². The lowest BCUT2D eigenvalue weighted by Crippen LogP contribution is -2.26. The molecule has 0 amide bonds. The Morgan fingerprint density at radius 3 is 2.60 bits per heavy atom. The molecule has 0 atom stereocenters. The van der Waals surface area contributed by atoms with Crippen LogP contribution >= 0.6 is 0 Å². The second-order valence-electron chi connectivity index (χ2n) is 5.11. The molecule has 4 nitrogen and oxygen atoms in total. The summed E-state index contributed by atoms with van der Waals surface area (Å²) in [6.07, 6.45) is 0.599. The highest BCUT2D eigenvalue weighted by Crippen LogP contribution is 2.38. The number of benzene rings is 1. The van der Waals surface area contributed by atoms with Crippen molar-refractivity contribution in [2.24, 2.45) is 0 Å². The molecule has 0 aliphatic carbocycles. The molecule has 8 heteroatoms. The minimum absolute atomic E-state index is 0.279. The van der Waals surface area contributed by atoms with E-state index in [-0.39, 0.29) is 5.56 Å². The fourth-order valence-electron chi connectivity index (χ4n) is 2.00. The topological polar surface area (TPSA) is 52.6 Å². The van der Waals surface area contributed by atoms with Crippen molar-refractivity contribution in [2.45, 2.75) is 38.0 Å². The Morgan fingerprint density at radius 2 is 2.00 bits per heavy atom. The van der Waals surface area contributed by atoms with Crippen molar-refractivity contribution in [2.75, 3.05) is 0 Å². The van der Waals surface area contributed by atoms with E-state index in [1.54, 1.807) is 12.1 Å². The largest absolute Gasteiger partial charge is 0.523 e. The predicted octanol–water partition coefficient (Wildman–Crippen LogP) is 2.77. The number of hydrogen-bond donors (Lipinski definition) is 0. The van der Waals surface area contributed by atoms with E-state index in [4.69, 9.17) is 4.74 Å². The van der Waals surface area contributed by atoms with Gasteiger partial charge in [0.05, 0.1) is 6.61 Å². The summed E-state index contributed by atoms with van der Waals surface area (Å²) < 4.78 is 68.0. The molecule has 1 aliphatic rings. The van der Waals surface area contributed by atoms with E-state index in [1.165, 1.54) is 6.07 Å². The van der Waals surface area contributed by atoms with Crippen LogP contribution in [0, 0.1) is 0 Å². The molecule has 20 heavy (non-hydrogen) atoms. The fraction of sp³-hybridized carbons (Fsp3) is 0.500. The second-order valence-corrected chi connectivity index (χ2v) is 6.71. The standard InChI is InChI=1S/C12H13F3O4S/c1-11(2)6-8-4-3-5-9(10(8)19-11)7-18-20(16,17)12(13,14)15/h3-5H,6-7H2,1-2H3. The lowest BCUT2D eigenvalue weighted by atomic mass is 10.0. The molecule has 112 valence electrons. The zero-order valence-electron chi connectivity index (χ0n) is 10.8. The van der Waals surface area contributed by atoms with E-state index in [9.17, 15) is 21.6 Å². The minimum Gasteiger partial charge on any atom is -0.487 e. The van der Waals surface area contributed by atoms with Gasteiger partial charge in [-0.25, -0.2) is 0 Å². The van der Waals surface area contributed by atoms with Crippen molar-refractivity contribution in [3.05, 3.63) is 29.3 Å². The van der Waals surface area contributed by atoms with Crippen molar-refractivity contribution in [3.63, 3.8) is 0 Å². The Kier molecular flexibility index (Phi) is 3.50. The molecule has 0 radical (unpaired) electrons. The summed E-state index contributed by atoms with van der Waals surface area (Å²) >= 11 is 0. The first-order valence-electron chi connectivity index (χ1n) is 5.77. The van der Waals surface area contributed by atoms with Gasteiger partial charge < -0.3 is 4.74 Å². The lowest BCUT2D eigenvalue weighted by molar-refractivity contribution is -0.0548. The number of fused-ring (bicyclic) bond motifs is 1.